The fourth-order valence-corrected chi connectivity index (χ4v) is 1.02. The molecule has 1 heterocycles. The van der Waals surface area contributed by atoms with Crippen LogP contribution in [0.3, 0.4) is 0 Å². The number of nitrogen functional groups attached to an aromatic ring is 1. The number of aromatic amines is 1. The van der Waals surface area contributed by atoms with Crippen LogP contribution in [0.25, 0.3) is 6.08 Å². The van der Waals surface area contributed by atoms with Gasteiger partial charge in [-0.3, -0.25) is 5.10 Å². The average Bonchev–Trinajstić information content (AvgIpc) is 2.35. The summed E-state index contributed by atoms with van der Waals surface area (Å²) in [6.45, 7) is 1.94. The van der Waals surface area contributed by atoms with Crippen molar-refractivity contribution in [3.8, 4) is 0 Å². The van der Waals surface area contributed by atoms with Crippen molar-refractivity contribution in [3.63, 3.8) is 0 Å². The van der Waals surface area contributed by atoms with E-state index in [1.54, 1.807) is 0 Å². The fraction of sp³-hybridized carbons (Fsp3) is 0.375. The van der Waals surface area contributed by atoms with Gasteiger partial charge in [0.05, 0.1) is 5.69 Å². The van der Waals surface area contributed by atoms with Gasteiger partial charge in [0.1, 0.15) is 5.02 Å². The van der Waals surface area contributed by atoms with Crippen molar-refractivity contribution in [2.45, 2.75) is 19.4 Å². The maximum atomic E-state index is 5.82. The topological polar surface area (TPSA) is 80.7 Å². The van der Waals surface area contributed by atoms with Gasteiger partial charge in [0, 0.05) is 6.04 Å². The van der Waals surface area contributed by atoms with Crippen molar-refractivity contribution < 1.29 is 0 Å². The number of hydrogen-bond acceptors (Lipinski definition) is 3. The number of aromatic nitrogens is 2. The van der Waals surface area contributed by atoms with E-state index in [1.165, 1.54) is 0 Å². The third kappa shape index (κ3) is 2.75. The number of rotatable bonds is 3. The zero-order chi connectivity index (χ0) is 9.84. The number of H-pyrrole nitrogens is 1. The minimum Gasteiger partial charge on any atom is -0.381 e. The van der Waals surface area contributed by atoms with Crippen LogP contribution in [0.2, 0.25) is 5.02 Å². The second-order valence-corrected chi connectivity index (χ2v) is 3.33. The Morgan fingerprint density at radius 3 is 2.85 bits per heavy atom. The molecule has 0 unspecified atom stereocenters. The molecular weight excluding hydrogens is 188 g/mol. The van der Waals surface area contributed by atoms with E-state index in [-0.39, 0.29) is 6.04 Å². The molecule has 1 aromatic rings. The summed E-state index contributed by atoms with van der Waals surface area (Å²) in [7, 11) is 0. The Kier molecular flexibility index (Phi) is 3.33. The van der Waals surface area contributed by atoms with Gasteiger partial charge in [-0.05, 0) is 19.4 Å². The summed E-state index contributed by atoms with van der Waals surface area (Å²) in [6, 6.07) is 0.148. The molecule has 0 saturated carbocycles. The van der Waals surface area contributed by atoms with Crippen LogP contribution in [-0.4, -0.2) is 16.2 Å². The Morgan fingerprint density at radius 2 is 2.38 bits per heavy atom. The van der Waals surface area contributed by atoms with Crippen molar-refractivity contribution >= 4 is 23.5 Å². The van der Waals surface area contributed by atoms with Crippen LogP contribution >= 0.6 is 11.6 Å². The van der Waals surface area contributed by atoms with E-state index in [1.807, 2.05) is 19.1 Å². The number of nitrogens with zero attached hydrogens (tertiary/aromatic N) is 1. The summed E-state index contributed by atoms with van der Waals surface area (Å²) in [4.78, 5) is 0. The largest absolute Gasteiger partial charge is 0.381 e. The number of hydrogen-bond donors (Lipinski definition) is 3. The first-order chi connectivity index (χ1) is 6.11. The average molecular weight is 201 g/mol. The van der Waals surface area contributed by atoms with Crippen molar-refractivity contribution in [1.29, 1.82) is 0 Å². The van der Waals surface area contributed by atoms with Crippen LogP contribution in [0.5, 0.6) is 0 Å². The molecule has 4 nitrogen and oxygen atoms in total. The van der Waals surface area contributed by atoms with Crippen molar-refractivity contribution in [2.75, 3.05) is 5.73 Å². The van der Waals surface area contributed by atoms with Gasteiger partial charge in [0.15, 0.2) is 5.82 Å². The van der Waals surface area contributed by atoms with Crippen LogP contribution in [-0.2, 0) is 0 Å². The maximum Gasteiger partial charge on any atom is 0.164 e. The highest BCUT2D eigenvalue weighted by Crippen LogP contribution is 2.20. The highest BCUT2D eigenvalue weighted by Gasteiger charge is 2.03. The lowest BCUT2D eigenvalue weighted by Crippen LogP contribution is -2.12. The van der Waals surface area contributed by atoms with Crippen molar-refractivity contribution in [2.24, 2.45) is 5.73 Å². The second-order valence-electron chi connectivity index (χ2n) is 2.95. The first-order valence-electron chi connectivity index (χ1n) is 4.02. The van der Waals surface area contributed by atoms with E-state index in [0.29, 0.717) is 10.8 Å². The SMILES string of the molecule is C[C@H](N)C/C=C/c1[nH]nc(N)c1Cl. The lowest BCUT2D eigenvalue weighted by molar-refractivity contribution is 0.759. The van der Waals surface area contributed by atoms with E-state index in [4.69, 9.17) is 23.1 Å². The van der Waals surface area contributed by atoms with Gasteiger partial charge < -0.3 is 11.5 Å². The molecule has 0 spiro atoms. The van der Waals surface area contributed by atoms with E-state index in [0.717, 1.165) is 12.1 Å². The molecule has 72 valence electrons. The third-order valence-electron chi connectivity index (χ3n) is 1.55. The van der Waals surface area contributed by atoms with Crippen molar-refractivity contribution in [1.82, 2.24) is 10.2 Å². The maximum absolute atomic E-state index is 5.82. The predicted molar refractivity (Wildman–Crippen MR) is 55.3 cm³/mol. The van der Waals surface area contributed by atoms with Crippen molar-refractivity contribution in [3.05, 3.63) is 16.8 Å². The highest BCUT2D eigenvalue weighted by molar-refractivity contribution is 6.34. The molecule has 1 atom stereocenters. The molecule has 0 aliphatic rings. The monoisotopic (exact) mass is 200 g/mol. The lowest BCUT2D eigenvalue weighted by Gasteiger charge is -1.96. The minimum absolute atomic E-state index is 0.148. The Bertz CT molecular complexity index is 303. The van der Waals surface area contributed by atoms with Crippen LogP contribution in [0.1, 0.15) is 19.0 Å². The van der Waals surface area contributed by atoms with E-state index >= 15 is 0 Å². The number of nitrogens with one attached hydrogen (secondary N) is 1. The highest BCUT2D eigenvalue weighted by atomic mass is 35.5. The van der Waals surface area contributed by atoms with Gasteiger partial charge in [0.2, 0.25) is 0 Å². The summed E-state index contributed by atoms with van der Waals surface area (Å²) < 4.78 is 0. The lowest BCUT2D eigenvalue weighted by atomic mass is 10.2. The van der Waals surface area contributed by atoms with Gasteiger partial charge in [0.25, 0.3) is 0 Å². The third-order valence-corrected chi connectivity index (χ3v) is 1.95. The minimum atomic E-state index is 0.148. The number of nitrogens with two attached hydrogens (primary N) is 2. The van der Waals surface area contributed by atoms with Crippen LogP contribution in [0.4, 0.5) is 5.82 Å². The molecule has 0 aliphatic carbocycles. The van der Waals surface area contributed by atoms with Gasteiger partial charge in [-0.1, -0.05) is 17.7 Å². The van der Waals surface area contributed by atoms with E-state index < -0.39 is 0 Å². The Balaban J connectivity index is 2.63. The molecule has 1 rings (SSSR count). The Morgan fingerprint density at radius 1 is 1.69 bits per heavy atom. The molecule has 0 aliphatic heterocycles. The smallest absolute Gasteiger partial charge is 0.164 e. The molecule has 0 saturated heterocycles. The summed E-state index contributed by atoms with van der Waals surface area (Å²) in [5.74, 6) is 0.321. The molecule has 5 heteroatoms. The first kappa shape index (κ1) is 10.1. The Hall–Kier alpha value is -1.00. The molecule has 0 fully saturated rings. The second kappa shape index (κ2) is 4.30. The quantitative estimate of drug-likeness (QED) is 0.690. The van der Waals surface area contributed by atoms with Gasteiger partial charge in [-0.2, -0.15) is 5.10 Å². The van der Waals surface area contributed by atoms with E-state index in [2.05, 4.69) is 10.2 Å². The van der Waals surface area contributed by atoms with Crippen LogP contribution in [0, 0.1) is 0 Å². The van der Waals surface area contributed by atoms with Gasteiger partial charge in [-0.25, -0.2) is 0 Å². The summed E-state index contributed by atoms with van der Waals surface area (Å²) in [6.07, 6.45) is 4.56. The summed E-state index contributed by atoms with van der Waals surface area (Å²) in [5.41, 5.74) is 11.7. The summed E-state index contributed by atoms with van der Waals surface area (Å²) in [5, 5.41) is 6.92. The van der Waals surface area contributed by atoms with E-state index in [9.17, 15) is 0 Å². The van der Waals surface area contributed by atoms with Crippen LogP contribution < -0.4 is 11.5 Å². The standard InChI is InChI=1S/C8H13ClN4/c1-5(10)3-2-4-6-7(9)8(11)13-12-6/h2,4-5H,3,10H2,1H3,(H3,11,12,13)/b4-2+/t5-/m0/s1. The fourth-order valence-electron chi connectivity index (χ4n) is 0.868. The predicted octanol–water partition coefficient (Wildman–Crippen LogP) is 1.40. The number of halogens is 1. The number of anilines is 1. The van der Waals surface area contributed by atoms with Gasteiger partial charge >= 0.3 is 0 Å². The molecule has 0 amide bonds. The zero-order valence-corrected chi connectivity index (χ0v) is 8.17. The van der Waals surface area contributed by atoms with Crippen LogP contribution in [0.15, 0.2) is 6.08 Å². The molecular formula is C8H13ClN4. The van der Waals surface area contributed by atoms with Gasteiger partial charge in [-0.15, -0.1) is 0 Å². The normalized spacial score (nSPS) is 13.8. The molecule has 0 aromatic carbocycles. The first-order valence-corrected chi connectivity index (χ1v) is 4.40. The molecule has 1 aromatic heterocycles. The molecule has 0 bridgehead atoms. The molecule has 0 radical (unpaired) electrons. The molecule has 5 N–H and O–H groups in total. The molecule has 13 heavy (non-hydrogen) atoms. The Labute approximate surface area is 81.9 Å². The summed E-state index contributed by atoms with van der Waals surface area (Å²) >= 11 is 5.82. The zero-order valence-electron chi connectivity index (χ0n) is 7.42.